The van der Waals surface area contributed by atoms with Crippen LogP contribution in [0.2, 0.25) is 0 Å². The molecule has 2 fully saturated rings. The van der Waals surface area contributed by atoms with E-state index in [0.717, 1.165) is 19.4 Å². The van der Waals surface area contributed by atoms with Gasteiger partial charge < -0.3 is 10.2 Å². The van der Waals surface area contributed by atoms with E-state index < -0.39 is 10.0 Å². The molecule has 1 atom stereocenters. The Balaban J connectivity index is 1.76. The fraction of sp³-hybridized carbons (Fsp3) is 1.00. The van der Waals surface area contributed by atoms with Gasteiger partial charge in [0.1, 0.15) is 0 Å². The fourth-order valence-corrected chi connectivity index (χ4v) is 4.59. The minimum absolute atomic E-state index is 0.223. The molecule has 21 heavy (non-hydrogen) atoms. The molecular formula is C15H31N3O2S. The van der Waals surface area contributed by atoms with Crippen molar-refractivity contribution in [2.24, 2.45) is 0 Å². The maximum Gasteiger partial charge on any atom is 0.213 e. The third-order valence-electron chi connectivity index (χ3n) is 4.95. The largest absolute Gasteiger partial charge is 0.311 e. The minimum Gasteiger partial charge on any atom is -0.311 e. The third kappa shape index (κ3) is 4.91. The smallest absolute Gasteiger partial charge is 0.213 e. The molecule has 0 aromatic heterocycles. The SMILES string of the molecule is CCN1CCCC(NC2CCN(S(=O)(=O)CC)CC2)CC1. The van der Waals surface area contributed by atoms with Gasteiger partial charge >= 0.3 is 0 Å². The van der Waals surface area contributed by atoms with Gasteiger partial charge in [-0.2, -0.15) is 0 Å². The molecule has 1 unspecified atom stereocenters. The van der Waals surface area contributed by atoms with Gasteiger partial charge in [-0.3, -0.25) is 0 Å². The van der Waals surface area contributed by atoms with E-state index in [1.54, 1.807) is 11.2 Å². The number of nitrogens with one attached hydrogen (secondary N) is 1. The number of nitrogens with zero attached hydrogens (tertiary/aromatic N) is 2. The van der Waals surface area contributed by atoms with Crippen molar-refractivity contribution in [3.05, 3.63) is 0 Å². The van der Waals surface area contributed by atoms with E-state index >= 15 is 0 Å². The molecule has 0 amide bonds. The number of hydrogen-bond donors (Lipinski definition) is 1. The Morgan fingerprint density at radius 3 is 2.19 bits per heavy atom. The van der Waals surface area contributed by atoms with Crippen LogP contribution in [0, 0.1) is 0 Å². The predicted octanol–water partition coefficient (Wildman–Crippen LogP) is 1.26. The fourth-order valence-electron chi connectivity index (χ4n) is 3.46. The van der Waals surface area contributed by atoms with Crippen molar-refractivity contribution in [3.8, 4) is 0 Å². The van der Waals surface area contributed by atoms with E-state index in [0.29, 0.717) is 25.2 Å². The number of sulfonamides is 1. The van der Waals surface area contributed by atoms with E-state index in [9.17, 15) is 8.42 Å². The lowest BCUT2D eigenvalue weighted by Crippen LogP contribution is -2.48. The summed E-state index contributed by atoms with van der Waals surface area (Å²) < 4.78 is 25.4. The summed E-state index contributed by atoms with van der Waals surface area (Å²) in [5.74, 6) is 0.223. The van der Waals surface area contributed by atoms with E-state index in [1.807, 2.05) is 0 Å². The normalized spacial score (nSPS) is 27.6. The summed E-state index contributed by atoms with van der Waals surface area (Å²) in [6.07, 6.45) is 5.65. The van der Waals surface area contributed by atoms with Crippen LogP contribution >= 0.6 is 0 Å². The molecule has 5 nitrogen and oxygen atoms in total. The first kappa shape index (κ1) is 17.2. The molecule has 0 radical (unpaired) electrons. The first-order valence-corrected chi connectivity index (χ1v) is 10.1. The van der Waals surface area contributed by atoms with Crippen molar-refractivity contribution in [1.29, 1.82) is 0 Å². The summed E-state index contributed by atoms with van der Waals surface area (Å²) in [6.45, 7) is 8.89. The van der Waals surface area contributed by atoms with Crippen LogP contribution < -0.4 is 5.32 Å². The van der Waals surface area contributed by atoms with Crippen LogP contribution in [0.3, 0.4) is 0 Å². The van der Waals surface area contributed by atoms with Crippen LogP contribution in [0.4, 0.5) is 0 Å². The van der Waals surface area contributed by atoms with Crippen molar-refractivity contribution >= 4 is 10.0 Å². The highest BCUT2D eigenvalue weighted by molar-refractivity contribution is 7.89. The van der Waals surface area contributed by atoms with Crippen molar-refractivity contribution in [3.63, 3.8) is 0 Å². The van der Waals surface area contributed by atoms with E-state index in [4.69, 9.17) is 0 Å². The maximum absolute atomic E-state index is 11.9. The Labute approximate surface area is 130 Å². The lowest BCUT2D eigenvalue weighted by molar-refractivity contribution is 0.261. The lowest BCUT2D eigenvalue weighted by atomic mass is 10.0. The number of hydrogen-bond acceptors (Lipinski definition) is 4. The zero-order chi connectivity index (χ0) is 15.3. The van der Waals surface area contributed by atoms with Crippen molar-refractivity contribution in [2.75, 3.05) is 38.5 Å². The average Bonchev–Trinajstić information content (AvgIpc) is 2.73. The van der Waals surface area contributed by atoms with E-state index in [1.165, 1.54) is 32.4 Å². The van der Waals surface area contributed by atoms with Gasteiger partial charge in [0.05, 0.1) is 5.75 Å². The van der Waals surface area contributed by atoms with Crippen molar-refractivity contribution in [1.82, 2.24) is 14.5 Å². The Hall–Kier alpha value is -0.170. The minimum atomic E-state index is -3.00. The molecule has 0 aromatic rings. The van der Waals surface area contributed by atoms with Crippen LogP contribution in [0.15, 0.2) is 0 Å². The van der Waals surface area contributed by atoms with Crippen LogP contribution in [-0.2, 0) is 10.0 Å². The van der Waals surface area contributed by atoms with Crippen LogP contribution in [0.25, 0.3) is 0 Å². The summed E-state index contributed by atoms with van der Waals surface area (Å²) in [5.41, 5.74) is 0. The van der Waals surface area contributed by atoms with Gasteiger partial charge in [-0.1, -0.05) is 6.92 Å². The Kier molecular flexibility index (Phi) is 6.47. The Morgan fingerprint density at radius 2 is 1.57 bits per heavy atom. The van der Waals surface area contributed by atoms with Gasteiger partial charge in [-0.15, -0.1) is 0 Å². The molecule has 2 aliphatic rings. The second-order valence-corrected chi connectivity index (χ2v) is 8.56. The molecule has 0 aliphatic carbocycles. The first-order chi connectivity index (χ1) is 10.0. The molecular weight excluding hydrogens is 286 g/mol. The van der Waals surface area contributed by atoms with Gasteiger partial charge in [-0.25, -0.2) is 12.7 Å². The monoisotopic (exact) mass is 317 g/mol. The molecule has 1 N–H and O–H groups in total. The Morgan fingerprint density at radius 1 is 0.952 bits per heavy atom. The van der Waals surface area contributed by atoms with Gasteiger partial charge in [0.25, 0.3) is 0 Å². The summed E-state index contributed by atoms with van der Waals surface area (Å²) in [7, 11) is -3.00. The predicted molar refractivity (Wildman–Crippen MR) is 86.9 cm³/mol. The number of piperidine rings is 1. The highest BCUT2D eigenvalue weighted by Crippen LogP contribution is 2.18. The second-order valence-electron chi connectivity index (χ2n) is 6.30. The standard InChI is InChI=1S/C15H31N3O2S/c1-3-17-10-5-6-14(7-11-17)16-15-8-12-18(13-9-15)21(19,20)4-2/h14-16H,3-13H2,1-2H3. The molecule has 0 bridgehead atoms. The van der Waals surface area contributed by atoms with Gasteiger partial charge in [-0.05, 0) is 58.7 Å². The molecule has 0 aromatic carbocycles. The molecule has 2 rings (SSSR count). The summed E-state index contributed by atoms with van der Waals surface area (Å²) in [5, 5.41) is 3.78. The van der Waals surface area contributed by atoms with Gasteiger partial charge in [0.2, 0.25) is 10.0 Å². The quantitative estimate of drug-likeness (QED) is 0.829. The first-order valence-electron chi connectivity index (χ1n) is 8.51. The molecule has 0 saturated carbocycles. The zero-order valence-corrected chi connectivity index (χ0v) is 14.4. The summed E-state index contributed by atoms with van der Waals surface area (Å²) in [6, 6.07) is 1.10. The highest BCUT2D eigenvalue weighted by Gasteiger charge is 2.28. The van der Waals surface area contributed by atoms with Crippen LogP contribution in [0.1, 0.15) is 46.0 Å². The molecule has 124 valence electrons. The van der Waals surface area contributed by atoms with E-state index in [-0.39, 0.29) is 5.75 Å². The molecule has 2 aliphatic heterocycles. The van der Waals surface area contributed by atoms with Gasteiger partial charge in [0.15, 0.2) is 0 Å². The average molecular weight is 317 g/mol. The topological polar surface area (TPSA) is 52.6 Å². The zero-order valence-electron chi connectivity index (χ0n) is 13.6. The number of likely N-dealkylation sites (tertiary alicyclic amines) is 1. The van der Waals surface area contributed by atoms with Crippen molar-refractivity contribution in [2.45, 2.75) is 58.0 Å². The van der Waals surface area contributed by atoms with E-state index in [2.05, 4.69) is 17.1 Å². The summed E-state index contributed by atoms with van der Waals surface area (Å²) >= 11 is 0. The summed E-state index contributed by atoms with van der Waals surface area (Å²) in [4.78, 5) is 2.53. The molecule has 2 heterocycles. The number of rotatable bonds is 5. The maximum atomic E-state index is 11.9. The molecule has 0 spiro atoms. The van der Waals surface area contributed by atoms with Crippen LogP contribution in [-0.4, -0.2) is 68.2 Å². The second kappa shape index (κ2) is 7.90. The van der Waals surface area contributed by atoms with Gasteiger partial charge in [0, 0.05) is 25.2 Å². The Bertz CT molecular complexity index is 405. The lowest BCUT2D eigenvalue weighted by Gasteiger charge is -2.33. The molecule has 2 saturated heterocycles. The van der Waals surface area contributed by atoms with Crippen molar-refractivity contribution < 1.29 is 8.42 Å². The van der Waals surface area contributed by atoms with Crippen LogP contribution in [0.5, 0.6) is 0 Å². The molecule has 6 heteroatoms. The third-order valence-corrected chi connectivity index (χ3v) is 6.83. The highest BCUT2D eigenvalue weighted by atomic mass is 32.2.